The molecule has 0 aliphatic rings. The minimum Gasteiger partial charge on any atom is -0.343 e. The first-order chi connectivity index (χ1) is 15.3. The SMILES string of the molecule is CCn1ncc(-c2ccnc3cc(C(=O)Nc4cnn(CC)c4C(=O)N(C)C)nn23)c1C. The Morgan fingerprint density at radius 1 is 1.09 bits per heavy atom. The molecule has 4 aromatic heterocycles. The van der Waals surface area contributed by atoms with Crippen LogP contribution in [0, 0.1) is 6.92 Å². The maximum absolute atomic E-state index is 13.0. The van der Waals surface area contributed by atoms with Crippen LogP contribution in [0.2, 0.25) is 0 Å². The third-order valence-corrected chi connectivity index (χ3v) is 5.27. The molecule has 166 valence electrons. The number of nitrogens with zero attached hydrogens (tertiary/aromatic N) is 8. The highest BCUT2D eigenvalue weighted by atomic mass is 16.2. The van der Waals surface area contributed by atoms with Gasteiger partial charge in [0, 0.05) is 50.7 Å². The molecule has 0 saturated carbocycles. The van der Waals surface area contributed by atoms with Gasteiger partial charge in [0.2, 0.25) is 0 Å². The fraction of sp³-hybridized carbons (Fsp3) is 0.333. The molecular weight excluding hydrogens is 410 g/mol. The highest BCUT2D eigenvalue weighted by Gasteiger charge is 2.23. The highest BCUT2D eigenvalue weighted by Crippen LogP contribution is 2.24. The van der Waals surface area contributed by atoms with Crippen LogP contribution < -0.4 is 5.32 Å². The second-order valence-corrected chi connectivity index (χ2v) is 7.47. The van der Waals surface area contributed by atoms with Crippen molar-refractivity contribution in [2.75, 3.05) is 19.4 Å². The number of fused-ring (bicyclic) bond motifs is 1. The number of anilines is 1. The van der Waals surface area contributed by atoms with Crippen LogP contribution in [0.1, 0.15) is 40.5 Å². The molecule has 0 aliphatic heterocycles. The van der Waals surface area contributed by atoms with Crippen LogP contribution in [-0.4, -0.2) is 65.0 Å². The summed E-state index contributed by atoms with van der Waals surface area (Å²) in [5, 5.41) is 15.9. The van der Waals surface area contributed by atoms with Gasteiger partial charge in [-0.25, -0.2) is 9.50 Å². The van der Waals surface area contributed by atoms with Crippen LogP contribution in [0.4, 0.5) is 5.69 Å². The molecule has 4 aromatic rings. The maximum atomic E-state index is 13.0. The zero-order valence-corrected chi connectivity index (χ0v) is 18.7. The van der Waals surface area contributed by atoms with Crippen molar-refractivity contribution < 1.29 is 9.59 Å². The van der Waals surface area contributed by atoms with Gasteiger partial charge in [0.05, 0.1) is 23.8 Å². The summed E-state index contributed by atoms with van der Waals surface area (Å²) < 4.78 is 5.07. The van der Waals surface area contributed by atoms with Crippen molar-refractivity contribution in [3.63, 3.8) is 0 Å². The minimum atomic E-state index is -0.453. The topological polar surface area (TPSA) is 115 Å². The molecule has 0 aromatic carbocycles. The van der Waals surface area contributed by atoms with Gasteiger partial charge in [-0.05, 0) is 26.8 Å². The molecule has 0 atom stereocenters. The molecule has 0 saturated heterocycles. The van der Waals surface area contributed by atoms with E-state index in [4.69, 9.17) is 0 Å². The standard InChI is InChI=1S/C21H25N9O2/c1-6-28-13(3)14(11-23-28)17-8-9-22-18-10-15(26-30(17)18)20(31)25-16-12-24-29(7-2)19(16)21(32)27(4)5/h8-12H,6-7H2,1-5H3,(H,25,31). The largest absolute Gasteiger partial charge is 0.343 e. The van der Waals surface area contributed by atoms with Crippen molar-refractivity contribution in [1.82, 2.24) is 39.1 Å². The average molecular weight is 435 g/mol. The quantitative estimate of drug-likeness (QED) is 0.496. The zero-order chi connectivity index (χ0) is 23.0. The normalized spacial score (nSPS) is 11.2. The molecule has 1 N–H and O–H groups in total. The van der Waals surface area contributed by atoms with Crippen LogP contribution >= 0.6 is 0 Å². The molecule has 11 heteroatoms. The maximum Gasteiger partial charge on any atom is 0.276 e. The molecule has 4 heterocycles. The molecule has 0 spiro atoms. The fourth-order valence-corrected chi connectivity index (χ4v) is 3.57. The second kappa shape index (κ2) is 8.25. The van der Waals surface area contributed by atoms with Crippen molar-refractivity contribution in [2.45, 2.75) is 33.9 Å². The number of carbonyl (C=O) groups is 2. The van der Waals surface area contributed by atoms with E-state index in [-0.39, 0.29) is 11.6 Å². The molecule has 4 rings (SSSR count). The van der Waals surface area contributed by atoms with Crippen molar-refractivity contribution in [2.24, 2.45) is 0 Å². The number of rotatable bonds is 6. The van der Waals surface area contributed by atoms with E-state index in [1.54, 1.807) is 41.8 Å². The number of hydrogen-bond acceptors (Lipinski definition) is 6. The van der Waals surface area contributed by atoms with Crippen LogP contribution in [0.3, 0.4) is 0 Å². The summed E-state index contributed by atoms with van der Waals surface area (Å²) in [5.41, 5.74) is 4.06. The van der Waals surface area contributed by atoms with Gasteiger partial charge < -0.3 is 10.2 Å². The van der Waals surface area contributed by atoms with Gasteiger partial charge in [0.25, 0.3) is 11.8 Å². The number of carbonyl (C=O) groups excluding carboxylic acids is 2. The van der Waals surface area contributed by atoms with Crippen molar-refractivity contribution in [1.29, 1.82) is 0 Å². The molecule has 0 unspecified atom stereocenters. The van der Waals surface area contributed by atoms with Crippen LogP contribution in [0.5, 0.6) is 0 Å². The molecule has 0 fully saturated rings. The molecule has 11 nitrogen and oxygen atoms in total. The summed E-state index contributed by atoms with van der Waals surface area (Å²) in [4.78, 5) is 31.4. The number of aryl methyl sites for hydroxylation is 2. The Balaban J connectivity index is 1.70. The van der Waals surface area contributed by atoms with Gasteiger partial charge in [-0.15, -0.1) is 0 Å². The van der Waals surface area contributed by atoms with E-state index in [0.717, 1.165) is 23.5 Å². The van der Waals surface area contributed by atoms with E-state index in [1.165, 1.54) is 11.1 Å². The monoisotopic (exact) mass is 435 g/mol. The third kappa shape index (κ3) is 3.51. The Morgan fingerprint density at radius 3 is 2.47 bits per heavy atom. The van der Waals surface area contributed by atoms with Gasteiger partial charge in [0.1, 0.15) is 5.69 Å². The number of amides is 2. The fourth-order valence-electron chi connectivity index (χ4n) is 3.57. The summed E-state index contributed by atoms with van der Waals surface area (Å²) >= 11 is 0. The smallest absolute Gasteiger partial charge is 0.276 e. The molecule has 32 heavy (non-hydrogen) atoms. The molecule has 0 aliphatic carbocycles. The van der Waals surface area contributed by atoms with Crippen LogP contribution in [0.25, 0.3) is 16.9 Å². The number of aromatic nitrogens is 7. The highest BCUT2D eigenvalue weighted by molar-refractivity contribution is 6.07. The molecule has 2 amide bonds. The predicted molar refractivity (Wildman–Crippen MR) is 118 cm³/mol. The summed E-state index contributed by atoms with van der Waals surface area (Å²) in [6.07, 6.45) is 4.93. The van der Waals surface area contributed by atoms with E-state index in [0.29, 0.717) is 23.6 Å². The van der Waals surface area contributed by atoms with Gasteiger partial charge in [-0.1, -0.05) is 0 Å². The Morgan fingerprint density at radius 2 is 1.81 bits per heavy atom. The molecule has 0 radical (unpaired) electrons. The Labute approximate surface area is 184 Å². The van der Waals surface area contributed by atoms with Crippen LogP contribution in [-0.2, 0) is 13.1 Å². The summed E-state index contributed by atoms with van der Waals surface area (Å²) in [7, 11) is 3.30. The second-order valence-electron chi connectivity index (χ2n) is 7.47. The van der Waals surface area contributed by atoms with E-state index in [2.05, 4.69) is 25.6 Å². The summed E-state index contributed by atoms with van der Waals surface area (Å²) in [6.45, 7) is 7.15. The third-order valence-electron chi connectivity index (χ3n) is 5.27. The van der Waals surface area contributed by atoms with E-state index < -0.39 is 5.91 Å². The van der Waals surface area contributed by atoms with Crippen molar-refractivity contribution in [3.8, 4) is 11.3 Å². The van der Waals surface area contributed by atoms with Gasteiger partial charge >= 0.3 is 0 Å². The zero-order valence-electron chi connectivity index (χ0n) is 18.7. The van der Waals surface area contributed by atoms with Gasteiger partial charge in [0.15, 0.2) is 11.3 Å². The first kappa shape index (κ1) is 21.2. The van der Waals surface area contributed by atoms with Gasteiger partial charge in [-0.2, -0.15) is 15.3 Å². The van der Waals surface area contributed by atoms with Gasteiger partial charge in [-0.3, -0.25) is 19.0 Å². The molecular formula is C21H25N9O2. The number of nitrogens with one attached hydrogen (secondary N) is 1. The minimum absolute atomic E-state index is 0.179. The average Bonchev–Trinajstić information content (AvgIpc) is 3.48. The van der Waals surface area contributed by atoms with E-state index in [1.807, 2.05) is 31.5 Å². The lowest BCUT2D eigenvalue weighted by Gasteiger charge is -2.13. The lowest BCUT2D eigenvalue weighted by atomic mass is 10.2. The van der Waals surface area contributed by atoms with E-state index in [9.17, 15) is 9.59 Å². The van der Waals surface area contributed by atoms with Crippen LogP contribution in [0.15, 0.2) is 30.7 Å². The lowest BCUT2D eigenvalue weighted by Crippen LogP contribution is -2.26. The summed E-state index contributed by atoms with van der Waals surface area (Å²) in [6, 6.07) is 3.45. The van der Waals surface area contributed by atoms with Crippen molar-refractivity contribution >= 4 is 23.1 Å². The predicted octanol–water partition coefficient (Wildman–Crippen LogP) is 2.09. The Bertz CT molecular complexity index is 1310. The molecule has 0 bridgehead atoms. The first-order valence-corrected chi connectivity index (χ1v) is 10.3. The Hall–Kier alpha value is -4.02. The summed E-state index contributed by atoms with van der Waals surface area (Å²) in [5.74, 6) is -0.701. The Kier molecular flexibility index (Phi) is 5.47. The lowest BCUT2D eigenvalue weighted by molar-refractivity contribution is 0.0816. The van der Waals surface area contributed by atoms with Crippen molar-refractivity contribution in [3.05, 3.63) is 47.8 Å². The van der Waals surface area contributed by atoms with E-state index >= 15 is 0 Å². The first-order valence-electron chi connectivity index (χ1n) is 10.3. The number of hydrogen-bond donors (Lipinski definition) is 1.